The second-order valence-electron chi connectivity index (χ2n) is 10.3. The van der Waals surface area contributed by atoms with Crippen molar-refractivity contribution in [1.82, 2.24) is 29.7 Å². The number of fused-ring (bicyclic) bond motifs is 1. The van der Waals surface area contributed by atoms with Gasteiger partial charge in [0.2, 0.25) is 0 Å². The van der Waals surface area contributed by atoms with E-state index in [0.717, 1.165) is 12.3 Å². The van der Waals surface area contributed by atoms with E-state index < -0.39 is 35.9 Å². The van der Waals surface area contributed by atoms with Gasteiger partial charge in [0.15, 0.2) is 5.69 Å². The largest absolute Gasteiger partial charge is 0.434 e. The number of nitrogens with zero attached hydrogens (tertiary/aromatic N) is 4. The van der Waals surface area contributed by atoms with E-state index in [4.69, 9.17) is 11.6 Å². The van der Waals surface area contributed by atoms with Crippen LogP contribution in [-0.2, 0) is 12.7 Å². The third-order valence-electron chi connectivity index (χ3n) is 7.44. The Kier molecular flexibility index (Phi) is 8.81. The number of hydrogen-bond acceptors (Lipinski definition) is 5. The Labute approximate surface area is 247 Å². The standard InChI is InChI=1S/C29H27ClF4N6O3/c30-18-13-21(25(37-14-18)29(32,33)34)26(41)38-19-7-5-17(6-8-19)16-39-23-3-1-2-4-24(23)40(28(39)43)20-9-10-22(36-15-20)27(42)35-12-11-31/h1-4,9-10,13-15,17,19H,5-8,11-12,16H2,(H,35,42)(H,38,41). The molecular weight excluding hydrogens is 592 g/mol. The van der Waals surface area contributed by atoms with E-state index in [0.29, 0.717) is 48.9 Å². The van der Waals surface area contributed by atoms with Gasteiger partial charge in [-0.2, -0.15) is 13.2 Å². The quantitative estimate of drug-likeness (QED) is 0.272. The first-order chi connectivity index (χ1) is 20.6. The number of benzene rings is 1. The summed E-state index contributed by atoms with van der Waals surface area (Å²) < 4.78 is 55.7. The SMILES string of the molecule is O=C(NCCF)c1ccc(-n2c(=O)n(CC3CCC(NC(=O)c4cc(Cl)cnc4C(F)(F)F)CC3)c3ccccc32)cn1. The molecule has 1 fully saturated rings. The first-order valence-electron chi connectivity index (χ1n) is 13.6. The summed E-state index contributed by atoms with van der Waals surface area (Å²) in [6.45, 7) is -0.416. The highest BCUT2D eigenvalue weighted by molar-refractivity contribution is 6.30. The van der Waals surface area contributed by atoms with E-state index in [-0.39, 0.29) is 34.9 Å². The molecular formula is C29H27ClF4N6O3. The highest BCUT2D eigenvalue weighted by atomic mass is 35.5. The molecule has 0 unspecified atom stereocenters. The van der Waals surface area contributed by atoms with E-state index in [9.17, 15) is 31.9 Å². The molecule has 1 aliphatic carbocycles. The van der Waals surface area contributed by atoms with Gasteiger partial charge in [-0.15, -0.1) is 0 Å². The van der Waals surface area contributed by atoms with Crippen molar-refractivity contribution in [3.8, 4) is 5.69 Å². The van der Waals surface area contributed by atoms with Crippen molar-refractivity contribution in [2.24, 2.45) is 5.92 Å². The number of carbonyl (C=O) groups is 2. The predicted octanol–water partition coefficient (Wildman–Crippen LogP) is 4.94. The van der Waals surface area contributed by atoms with Gasteiger partial charge in [0, 0.05) is 25.3 Å². The number of nitrogens with one attached hydrogen (secondary N) is 2. The van der Waals surface area contributed by atoms with E-state index in [1.54, 1.807) is 16.7 Å². The van der Waals surface area contributed by atoms with Crippen LogP contribution in [0.25, 0.3) is 16.7 Å². The third-order valence-corrected chi connectivity index (χ3v) is 7.65. The van der Waals surface area contributed by atoms with Gasteiger partial charge in [-0.05, 0) is 61.9 Å². The predicted molar refractivity (Wildman–Crippen MR) is 151 cm³/mol. The molecule has 9 nitrogen and oxygen atoms in total. The summed E-state index contributed by atoms with van der Waals surface area (Å²) in [6, 6.07) is 11.0. The number of para-hydroxylation sites is 2. The Hall–Kier alpha value is -4.26. The maximum atomic E-state index is 13.6. The first kappa shape index (κ1) is 30.2. The van der Waals surface area contributed by atoms with E-state index in [1.807, 2.05) is 18.2 Å². The fourth-order valence-electron chi connectivity index (χ4n) is 5.39. The second-order valence-corrected chi connectivity index (χ2v) is 10.7. The fourth-order valence-corrected chi connectivity index (χ4v) is 5.55. The molecule has 5 rings (SSSR count). The maximum absolute atomic E-state index is 13.6. The lowest BCUT2D eigenvalue weighted by Crippen LogP contribution is -2.39. The minimum atomic E-state index is -4.80. The van der Waals surface area contributed by atoms with Crippen molar-refractivity contribution in [1.29, 1.82) is 0 Å². The average Bonchev–Trinajstić information content (AvgIpc) is 3.27. The van der Waals surface area contributed by atoms with Gasteiger partial charge in [0.1, 0.15) is 12.4 Å². The number of alkyl halides is 4. The number of pyridine rings is 2. The van der Waals surface area contributed by atoms with Crippen LogP contribution in [0.3, 0.4) is 0 Å². The van der Waals surface area contributed by atoms with Crippen LogP contribution in [-0.4, -0.2) is 50.2 Å². The summed E-state index contributed by atoms with van der Waals surface area (Å²) in [6.07, 6.45) is -0.209. The van der Waals surface area contributed by atoms with E-state index in [1.165, 1.54) is 16.8 Å². The van der Waals surface area contributed by atoms with Gasteiger partial charge in [-0.3, -0.25) is 18.7 Å². The second kappa shape index (κ2) is 12.5. The lowest BCUT2D eigenvalue weighted by Gasteiger charge is -2.29. The van der Waals surface area contributed by atoms with Gasteiger partial charge < -0.3 is 10.6 Å². The van der Waals surface area contributed by atoms with Crippen LogP contribution >= 0.6 is 11.6 Å². The number of hydrogen-bond donors (Lipinski definition) is 2. The molecule has 1 aliphatic rings. The van der Waals surface area contributed by atoms with Crippen LogP contribution in [0, 0.1) is 5.92 Å². The Morgan fingerprint density at radius 2 is 1.70 bits per heavy atom. The molecule has 2 N–H and O–H groups in total. The number of aromatic nitrogens is 4. The summed E-state index contributed by atoms with van der Waals surface area (Å²) in [5.41, 5.74) is -0.281. The molecule has 4 aromatic rings. The van der Waals surface area contributed by atoms with Crippen LogP contribution in [0.1, 0.15) is 52.2 Å². The molecule has 0 bridgehead atoms. The van der Waals surface area contributed by atoms with Gasteiger partial charge >= 0.3 is 11.9 Å². The molecule has 0 aliphatic heterocycles. The Bertz CT molecular complexity index is 1700. The lowest BCUT2D eigenvalue weighted by molar-refractivity contribution is -0.141. The lowest BCUT2D eigenvalue weighted by atomic mass is 9.85. The molecule has 0 saturated heterocycles. The van der Waals surface area contributed by atoms with Crippen molar-refractivity contribution in [3.05, 3.63) is 87.3 Å². The molecule has 0 atom stereocenters. The first-order valence-corrected chi connectivity index (χ1v) is 14.0. The number of imidazole rings is 1. The number of carbonyl (C=O) groups excluding carboxylic acids is 2. The van der Waals surface area contributed by atoms with Gasteiger partial charge in [0.25, 0.3) is 11.8 Å². The number of rotatable bonds is 8. The normalized spacial score (nSPS) is 17.1. The van der Waals surface area contributed by atoms with Crippen molar-refractivity contribution in [2.45, 2.75) is 44.4 Å². The Morgan fingerprint density at radius 3 is 2.35 bits per heavy atom. The van der Waals surface area contributed by atoms with Crippen molar-refractivity contribution < 1.29 is 27.2 Å². The summed E-state index contributed by atoms with van der Waals surface area (Å²) in [7, 11) is 0. The zero-order valence-electron chi connectivity index (χ0n) is 22.7. The molecule has 2 amide bonds. The van der Waals surface area contributed by atoms with Gasteiger partial charge in [-0.25, -0.2) is 19.2 Å². The minimum Gasteiger partial charge on any atom is -0.349 e. The zero-order valence-corrected chi connectivity index (χ0v) is 23.5. The molecule has 3 heterocycles. The Morgan fingerprint density at radius 1 is 0.977 bits per heavy atom. The van der Waals surface area contributed by atoms with Crippen molar-refractivity contribution >= 4 is 34.4 Å². The molecule has 14 heteroatoms. The molecule has 1 saturated carbocycles. The minimum absolute atomic E-state index is 0.0720. The van der Waals surface area contributed by atoms with E-state index >= 15 is 0 Å². The molecule has 43 heavy (non-hydrogen) atoms. The molecule has 0 spiro atoms. The van der Waals surface area contributed by atoms with Gasteiger partial charge in [0.05, 0.1) is 33.5 Å². The third kappa shape index (κ3) is 6.56. The van der Waals surface area contributed by atoms with Gasteiger partial charge in [-0.1, -0.05) is 23.7 Å². The Balaban J connectivity index is 1.29. The number of amides is 2. The highest BCUT2D eigenvalue weighted by Gasteiger charge is 2.38. The number of halogens is 5. The summed E-state index contributed by atoms with van der Waals surface area (Å²) in [4.78, 5) is 45.9. The van der Waals surface area contributed by atoms with Crippen LogP contribution in [0.5, 0.6) is 0 Å². The van der Waals surface area contributed by atoms with Crippen molar-refractivity contribution in [3.63, 3.8) is 0 Å². The highest BCUT2D eigenvalue weighted by Crippen LogP contribution is 2.32. The monoisotopic (exact) mass is 618 g/mol. The fraction of sp³-hybridized carbons (Fsp3) is 0.345. The topological polar surface area (TPSA) is 111 Å². The molecule has 3 aromatic heterocycles. The molecule has 0 radical (unpaired) electrons. The van der Waals surface area contributed by atoms with Crippen LogP contribution in [0.4, 0.5) is 17.6 Å². The maximum Gasteiger partial charge on any atom is 0.434 e. The van der Waals surface area contributed by atoms with Crippen LogP contribution < -0.4 is 16.3 Å². The summed E-state index contributed by atoms with van der Waals surface area (Å²) in [5.74, 6) is -1.32. The van der Waals surface area contributed by atoms with Crippen LogP contribution in [0.15, 0.2) is 59.7 Å². The zero-order chi connectivity index (χ0) is 30.7. The van der Waals surface area contributed by atoms with E-state index in [2.05, 4.69) is 20.6 Å². The van der Waals surface area contributed by atoms with Crippen LogP contribution in [0.2, 0.25) is 5.02 Å². The summed E-state index contributed by atoms with van der Waals surface area (Å²) in [5, 5.41) is 5.02. The van der Waals surface area contributed by atoms with Crippen molar-refractivity contribution in [2.75, 3.05) is 13.2 Å². The summed E-state index contributed by atoms with van der Waals surface area (Å²) >= 11 is 5.81. The average molecular weight is 619 g/mol. The smallest absolute Gasteiger partial charge is 0.349 e. The molecule has 1 aromatic carbocycles. The molecule has 226 valence electrons.